The van der Waals surface area contributed by atoms with Gasteiger partial charge in [-0.1, -0.05) is 0 Å². The first-order valence-electron chi connectivity index (χ1n) is 7.53. The van der Waals surface area contributed by atoms with Crippen LogP contribution in [0.15, 0.2) is 24.7 Å². The third kappa shape index (κ3) is 3.51. The Morgan fingerprint density at radius 1 is 1.33 bits per heavy atom. The fourth-order valence-corrected chi connectivity index (χ4v) is 2.94. The van der Waals surface area contributed by atoms with Crippen LogP contribution < -0.4 is 0 Å². The first kappa shape index (κ1) is 14.3. The topological polar surface area (TPSA) is 48.1 Å². The lowest BCUT2D eigenvalue weighted by Crippen LogP contribution is -2.30. The molecule has 1 aliphatic rings. The van der Waals surface area contributed by atoms with Crippen LogP contribution in [0, 0.1) is 5.92 Å². The van der Waals surface area contributed by atoms with Gasteiger partial charge in [-0.3, -0.25) is 14.3 Å². The van der Waals surface area contributed by atoms with Gasteiger partial charge >= 0.3 is 0 Å². The van der Waals surface area contributed by atoms with E-state index in [-0.39, 0.29) is 0 Å². The minimum atomic E-state index is 0.475. The van der Waals surface area contributed by atoms with Gasteiger partial charge in [0.2, 0.25) is 0 Å². The van der Waals surface area contributed by atoms with Crippen LogP contribution >= 0.6 is 0 Å². The molecule has 0 saturated heterocycles. The Kier molecular flexibility index (Phi) is 4.36. The summed E-state index contributed by atoms with van der Waals surface area (Å²) in [5.74, 6) is 0.475. The highest BCUT2D eigenvalue weighted by molar-refractivity contribution is 5.06. The summed E-state index contributed by atoms with van der Waals surface area (Å²) in [5, 5.41) is 8.69. The Bertz CT molecular complexity index is 576. The van der Waals surface area contributed by atoms with Crippen molar-refractivity contribution in [2.75, 3.05) is 19.8 Å². The molecule has 3 heterocycles. The van der Waals surface area contributed by atoms with Crippen LogP contribution in [-0.4, -0.2) is 44.2 Å². The quantitative estimate of drug-likeness (QED) is 0.832. The molecule has 6 heteroatoms. The van der Waals surface area contributed by atoms with Gasteiger partial charge in [-0.05, 0) is 13.0 Å². The van der Waals surface area contributed by atoms with Crippen LogP contribution in [0.3, 0.4) is 0 Å². The minimum Gasteiger partial charge on any atom is -0.381 e. The van der Waals surface area contributed by atoms with E-state index in [0.717, 1.165) is 39.4 Å². The summed E-state index contributed by atoms with van der Waals surface area (Å²) < 4.78 is 9.61. The number of rotatable bonds is 5. The number of nitrogens with zero attached hydrogens (tertiary/aromatic N) is 5. The van der Waals surface area contributed by atoms with Crippen molar-refractivity contribution in [3.63, 3.8) is 0 Å². The second kappa shape index (κ2) is 6.41. The maximum atomic E-state index is 5.64. The first-order chi connectivity index (χ1) is 10.2. The Labute approximate surface area is 125 Å². The molecular weight excluding hydrogens is 266 g/mol. The highest BCUT2D eigenvalue weighted by Crippen LogP contribution is 2.18. The molecule has 0 aliphatic carbocycles. The van der Waals surface area contributed by atoms with Crippen molar-refractivity contribution >= 4 is 0 Å². The molecule has 0 amide bonds. The van der Waals surface area contributed by atoms with Crippen molar-refractivity contribution in [3.8, 4) is 0 Å². The van der Waals surface area contributed by atoms with Gasteiger partial charge in [-0.25, -0.2) is 0 Å². The van der Waals surface area contributed by atoms with Crippen molar-refractivity contribution in [2.45, 2.75) is 26.6 Å². The summed E-state index contributed by atoms with van der Waals surface area (Å²) >= 11 is 0. The van der Waals surface area contributed by atoms with Crippen molar-refractivity contribution in [3.05, 3.63) is 35.9 Å². The summed E-state index contributed by atoms with van der Waals surface area (Å²) in [7, 11) is 1.96. The van der Waals surface area contributed by atoms with Crippen LogP contribution in [0.2, 0.25) is 0 Å². The van der Waals surface area contributed by atoms with Gasteiger partial charge in [0.25, 0.3) is 0 Å². The molecule has 0 N–H and O–H groups in total. The average molecular weight is 289 g/mol. The molecule has 3 rings (SSSR count). The molecule has 0 fully saturated rings. The summed E-state index contributed by atoms with van der Waals surface area (Å²) in [4.78, 5) is 2.46. The number of aryl methyl sites for hydroxylation is 1. The number of hydrogen-bond acceptors (Lipinski definition) is 4. The third-order valence-electron chi connectivity index (χ3n) is 3.86. The molecule has 0 saturated carbocycles. The molecule has 1 atom stereocenters. The fourth-order valence-electron chi connectivity index (χ4n) is 2.94. The lowest BCUT2D eigenvalue weighted by Gasteiger charge is -2.23. The van der Waals surface area contributed by atoms with E-state index in [1.807, 2.05) is 31.0 Å². The van der Waals surface area contributed by atoms with Crippen molar-refractivity contribution in [1.82, 2.24) is 24.5 Å². The molecule has 2 aromatic heterocycles. The first-order valence-corrected chi connectivity index (χ1v) is 7.53. The zero-order valence-electron chi connectivity index (χ0n) is 12.8. The van der Waals surface area contributed by atoms with Crippen LogP contribution in [0.5, 0.6) is 0 Å². The zero-order valence-corrected chi connectivity index (χ0v) is 12.8. The maximum Gasteiger partial charge on any atom is 0.0534 e. The summed E-state index contributed by atoms with van der Waals surface area (Å²) in [6.07, 6.45) is 5.92. The van der Waals surface area contributed by atoms with E-state index in [4.69, 9.17) is 4.74 Å². The Morgan fingerprint density at radius 3 is 3.00 bits per heavy atom. The summed E-state index contributed by atoms with van der Waals surface area (Å²) in [6.45, 7) is 7.41. The standard InChI is InChI=1S/C15H23N5O/c1-3-21-12-14-9-19(8-13-6-17-18(2)7-13)11-15-4-5-16-20(15)10-14/h4-7,14H,3,8-12H2,1-2H3. The monoisotopic (exact) mass is 289 g/mol. The van der Waals surface area contributed by atoms with Gasteiger partial charge in [0.05, 0.1) is 18.5 Å². The second-order valence-electron chi connectivity index (χ2n) is 5.72. The van der Waals surface area contributed by atoms with Gasteiger partial charge in [-0.15, -0.1) is 0 Å². The van der Waals surface area contributed by atoms with E-state index >= 15 is 0 Å². The predicted octanol–water partition coefficient (Wildman–Crippen LogP) is 1.29. The molecule has 6 nitrogen and oxygen atoms in total. The lowest BCUT2D eigenvalue weighted by atomic mass is 10.1. The Hall–Kier alpha value is -1.66. The number of hydrogen-bond donors (Lipinski definition) is 0. The largest absolute Gasteiger partial charge is 0.381 e. The molecule has 1 unspecified atom stereocenters. The van der Waals surface area contributed by atoms with E-state index in [0.29, 0.717) is 5.92 Å². The van der Waals surface area contributed by atoms with Gasteiger partial charge < -0.3 is 4.74 Å². The molecule has 0 bridgehead atoms. The van der Waals surface area contributed by atoms with Crippen molar-refractivity contribution in [1.29, 1.82) is 0 Å². The molecule has 0 spiro atoms. The molecule has 2 aromatic rings. The smallest absolute Gasteiger partial charge is 0.0534 e. The number of fused-ring (bicyclic) bond motifs is 1. The molecule has 21 heavy (non-hydrogen) atoms. The predicted molar refractivity (Wildman–Crippen MR) is 79.5 cm³/mol. The van der Waals surface area contributed by atoms with Gasteiger partial charge in [0.15, 0.2) is 0 Å². The van der Waals surface area contributed by atoms with Crippen molar-refractivity contribution in [2.24, 2.45) is 13.0 Å². The summed E-state index contributed by atoms with van der Waals surface area (Å²) in [6, 6.07) is 2.11. The normalized spacial score (nSPS) is 19.4. The van der Waals surface area contributed by atoms with E-state index in [2.05, 4.69) is 32.0 Å². The molecular formula is C15H23N5O. The maximum absolute atomic E-state index is 5.64. The molecule has 0 aromatic carbocycles. The Morgan fingerprint density at radius 2 is 2.24 bits per heavy atom. The van der Waals surface area contributed by atoms with Crippen LogP contribution in [-0.2, 0) is 31.4 Å². The molecule has 114 valence electrons. The Balaban J connectivity index is 1.73. The van der Waals surface area contributed by atoms with E-state index < -0.39 is 0 Å². The van der Waals surface area contributed by atoms with Gasteiger partial charge in [-0.2, -0.15) is 10.2 Å². The molecule has 0 radical (unpaired) electrons. The lowest BCUT2D eigenvalue weighted by molar-refractivity contribution is 0.0841. The molecule has 1 aliphatic heterocycles. The van der Waals surface area contributed by atoms with Gasteiger partial charge in [0.1, 0.15) is 0 Å². The SMILES string of the molecule is CCOCC1CN(Cc2cnn(C)c2)Cc2ccnn2C1. The van der Waals surface area contributed by atoms with Crippen LogP contribution in [0.4, 0.5) is 0 Å². The zero-order chi connectivity index (χ0) is 14.7. The third-order valence-corrected chi connectivity index (χ3v) is 3.86. The highest BCUT2D eigenvalue weighted by atomic mass is 16.5. The van der Waals surface area contributed by atoms with Gasteiger partial charge in [0, 0.05) is 63.7 Å². The second-order valence-corrected chi connectivity index (χ2v) is 5.72. The minimum absolute atomic E-state index is 0.475. The number of aromatic nitrogens is 4. The highest BCUT2D eigenvalue weighted by Gasteiger charge is 2.22. The van der Waals surface area contributed by atoms with E-state index in [9.17, 15) is 0 Å². The average Bonchev–Trinajstić information content (AvgIpc) is 3.02. The van der Waals surface area contributed by atoms with Crippen LogP contribution in [0.25, 0.3) is 0 Å². The van der Waals surface area contributed by atoms with Crippen molar-refractivity contribution < 1.29 is 4.74 Å². The van der Waals surface area contributed by atoms with Crippen LogP contribution in [0.1, 0.15) is 18.2 Å². The fraction of sp³-hybridized carbons (Fsp3) is 0.600. The summed E-state index contributed by atoms with van der Waals surface area (Å²) in [5.41, 5.74) is 2.53. The number of ether oxygens (including phenoxy) is 1. The van der Waals surface area contributed by atoms with E-state index in [1.54, 1.807) is 0 Å². The van der Waals surface area contributed by atoms with E-state index in [1.165, 1.54) is 11.3 Å².